The fraction of sp³-hybridized carbons (Fsp3) is 0.238. The van der Waals surface area contributed by atoms with Gasteiger partial charge in [0.05, 0.1) is 17.9 Å². The van der Waals surface area contributed by atoms with E-state index in [1.807, 2.05) is 73.4 Å². The van der Waals surface area contributed by atoms with Gasteiger partial charge in [0.1, 0.15) is 0 Å². The van der Waals surface area contributed by atoms with Gasteiger partial charge in [-0.25, -0.2) is 9.48 Å². The number of para-hydroxylation sites is 1. The van der Waals surface area contributed by atoms with Crippen molar-refractivity contribution in [1.82, 2.24) is 15.1 Å². The van der Waals surface area contributed by atoms with Gasteiger partial charge in [-0.15, -0.1) is 11.8 Å². The van der Waals surface area contributed by atoms with E-state index in [0.717, 1.165) is 33.1 Å². The minimum atomic E-state index is -0.234. The van der Waals surface area contributed by atoms with E-state index in [4.69, 9.17) is 0 Å². The summed E-state index contributed by atoms with van der Waals surface area (Å²) in [6, 6.07) is 15.5. The van der Waals surface area contributed by atoms with Gasteiger partial charge in [0, 0.05) is 21.8 Å². The molecule has 2 amide bonds. The molecule has 0 spiro atoms. The zero-order valence-electron chi connectivity index (χ0n) is 16.0. The number of rotatable bonds is 5. The average Bonchev–Trinajstić information content (AvgIpc) is 3.04. The van der Waals surface area contributed by atoms with Crippen molar-refractivity contribution in [1.29, 1.82) is 0 Å². The fourth-order valence-electron chi connectivity index (χ4n) is 3.01. The molecule has 0 radical (unpaired) electrons. The molecule has 1 aromatic heterocycles. The van der Waals surface area contributed by atoms with Crippen molar-refractivity contribution >= 4 is 23.5 Å². The van der Waals surface area contributed by atoms with Gasteiger partial charge in [-0.1, -0.05) is 18.2 Å². The molecular weight excluding hydrogens is 356 g/mol. The first kappa shape index (κ1) is 19.0. The maximum atomic E-state index is 12.3. The van der Waals surface area contributed by atoms with Gasteiger partial charge in [-0.05, 0) is 62.9 Å². The molecule has 6 heteroatoms. The Morgan fingerprint density at radius 2 is 1.81 bits per heavy atom. The number of aryl methyl sites for hydroxylation is 1. The Morgan fingerprint density at radius 1 is 1.11 bits per heavy atom. The van der Waals surface area contributed by atoms with Crippen molar-refractivity contribution in [2.24, 2.45) is 0 Å². The van der Waals surface area contributed by atoms with E-state index >= 15 is 0 Å². The van der Waals surface area contributed by atoms with Crippen LogP contribution in [0.4, 0.5) is 10.5 Å². The quantitative estimate of drug-likeness (QED) is 0.606. The first-order chi connectivity index (χ1) is 13.0. The highest BCUT2D eigenvalue weighted by molar-refractivity contribution is 7.98. The second kappa shape index (κ2) is 8.31. The summed E-state index contributed by atoms with van der Waals surface area (Å²) in [7, 11) is 0. The van der Waals surface area contributed by atoms with Crippen molar-refractivity contribution in [3.63, 3.8) is 0 Å². The van der Waals surface area contributed by atoms with Gasteiger partial charge in [0.25, 0.3) is 0 Å². The number of benzene rings is 2. The van der Waals surface area contributed by atoms with Crippen LogP contribution in [-0.2, 0) is 0 Å². The predicted molar refractivity (Wildman–Crippen MR) is 112 cm³/mol. The summed E-state index contributed by atoms with van der Waals surface area (Å²) in [6.45, 7) is 6.04. The van der Waals surface area contributed by atoms with Crippen LogP contribution in [0.2, 0.25) is 0 Å². The van der Waals surface area contributed by atoms with Gasteiger partial charge >= 0.3 is 6.03 Å². The van der Waals surface area contributed by atoms with Crippen molar-refractivity contribution in [2.75, 3.05) is 11.6 Å². The third kappa shape index (κ3) is 4.34. The molecule has 0 saturated heterocycles. The smallest absolute Gasteiger partial charge is 0.319 e. The summed E-state index contributed by atoms with van der Waals surface area (Å²) < 4.78 is 1.92. The number of nitrogens with one attached hydrogen (secondary N) is 2. The maximum Gasteiger partial charge on any atom is 0.319 e. The highest BCUT2D eigenvalue weighted by atomic mass is 32.2. The van der Waals surface area contributed by atoms with E-state index in [-0.39, 0.29) is 12.1 Å². The van der Waals surface area contributed by atoms with Crippen molar-refractivity contribution in [3.05, 3.63) is 71.5 Å². The Labute approximate surface area is 164 Å². The lowest BCUT2D eigenvalue weighted by Crippen LogP contribution is -2.31. The van der Waals surface area contributed by atoms with Crippen LogP contribution in [0.15, 0.2) is 59.6 Å². The lowest BCUT2D eigenvalue weighted by molar-refractivity contribution is 0.249. The number of carbonyl (C=O) groups excluding carboxylic acids is 1. The second-order valence-corrected chi connectivity index (χ2v) is 7.31. The lowest BCUT2D eigenvalue weighted by atomic mass is 10.1. The third-order valence-corrected chi connectivity index (χ3v) is 5.30. The molecule has 1 heterocycles. The molecule has 0 saturated carbocycles. The zero-order valence-corrected chi connectivity index (χ0v) is 16.8. The maximum absolute atomic E-state index is 12.3. The highest BCUT2D eigenvalue weighted by Crippen LogP contribution is 2.22. The van der Waals surface area contributed by atoms with Crippen LogP contribution in [0.1, 0.15) is 29.8 Å². The van der Waals surface area contributed by atoms with E-state index in [0.29, 0.717) is 0 Å². The SMILES string of the molecule is CSc1ccc(NC(=O)NC(C)c2cnn(-c3ccccc3C)c2C)cc1. The Kier molecular flexibility index (Phi) is 5.86. The molecule has 1 atom stereocenters. The van der Waals surface area contributed by atoms with E-state index in [9.17, 15) is 4.79 Å². The van der Waals surface area contributed by atoms with Crippen LogP contribution in [0.5, 0.6) is 0 Å². The third-order valence-electron chi connectivity index (χ3n) is 4.55. The average molecular weight is 381 g/mol. The van der Waals surface area contributed by atoms with Crippen LogP contribution in [0.3, 0.4) is 0 Å². The van der Waals surface area contributed by atoms with E-state index in [1.54, 1.807) is 11.8 Å². The number of thioether (sulfide) groups is 1. The molecule has 5 nitrogen and oxygen atoms in total. The molecule has 1 unspecified atom stereocenters. The number of urea groups is 1. The number of hydrogen-bond acceptors (Lipinski definition) is 3. The van der Waals surface area contributed by atoms with Crippen LogP contribution in [-0.4, -0.2) is 22.1 Å². The van der Waals surface area contributed by atoms with Gasteiger partial charge in [-0.3, -0.25) is 0 Å². The largest absolute Gasteiger partial charge is 0.331 e. The number of hydrogen-bond donors (Lipinski definition) is 2. The minimum Gasteiger partial charge on any atom is -0.331 e. The zero-order chi connectivity index (χ0) is 19.4. The Morgan fingerprint density at radius 3 is 2.48 bits per heavy atom. The standard InChI is InChI=1S/C21H24N4OS/c1-14-7-5-6-8-20(14)25-16(3)19(13-22-25)15(2)23-21(26)24-17-9-11-18(27-4)12-10-17/h5-13,15H,1-4H3,(H2,23,24,26). The summed E-state index contributed by atoms with van der Waals surface area (Å²) >= 11 is 1.67. The van der Waals surface area contributed by atoms with Gasteiger partial charge in [-0.2, -0.15) is 5.10 Å². The normalized spacial score (nSPS) is 11.9. The molecule has 2 aromatic carbocycles. The first-order valence-corrected chi connectivity index (χ1v) is 10.0. The molecule has 0 aliphatic heterocycles. The van der Waals surface area contributed by atoms with Crippen molar-refractivity contribution < 1.29 is 4.79 Å². The van der Waals surface area contributed by atoms with E-state index in [2.05, 4.69) is 28.7 Å². The Hall–Kier alpha value is -2.73. The van der Waals surface area contributed by atoms with Gasteiger partial charge in [0.2, 0.25) is 0 Å². The summed E-state index contributed by atoms with van der Waals surface area (Å²) in [5.41, 5.74) is 4.98. The van der Waals surface area contributed by atoms with Crippen molar-refractivity contribution in [3.8, 4) is 5.69 Å². The Bertz CT molecular complexity index is 934. The van der Waals surface area contributed by atoms with Gasteiger partial charge in [0.15, 0.2) is 0 Å². The topological polar surface area (TPSA) is 59.0 Å². The molecule has 3 rings (SSSR count). The fourth-order valence-corrected chi connectivity index (χ4v) is 3.42. The minimum absolute atomic E-state index is 0.159. The summed E-state index contributed by atoms with van der Waals surface area (Å²) in [4.78, 5) is 13.5. The molecule has 2 N–H and O–H groups in total. The first-order valence-electron chi connectivity index (χ1n) is 8.81. The van der Waals surface area contributed by atoms with Crippen LogP contribution in [0.25, 0.3) is 5.69 Å². The summed E-state index contributed by atoms with van der Waals surface area (Å²) in [6.07, 6.45) is 3.84. The molecule has 0 bridgehead atoms. The van der Waals surface area contributed by atoms with Crippen LogP contribution < -0.4 is 10.6 Å². The van der Waals surface area contributed by atoms with E-state index < -0.39 is 0 Å². The molecule has 0 fully saturated rings. The lowest BCUT2D eigenvalue weighted by Gasteiger charge is -2.15. The number of aromatic nitrogens is 2. The molecule has 0 aliphatic carbocycles. The monoisotopic (exact) mass is 380 g/mol. The summed E-state index contributed by atoms with van der Waals surface area (Å²) in [5, 5.41) is 10.4. The number of carbonyl (C=O) groups is 1. The predicted octanol–water partition coefficient (Wildman–Crippen LogP) is 5.09. The second-order valence-electron chi connectivity index (χ2n) is 6.43. The molecular formula is C21H24N4OS. The van der Waals surface area contributed by atoms with E-state index in [1.165, 1.54) is 0 Å². The Balaban J connectivity index is 1.70. The molecule has 140 valence electrons. The van der Waals surface area contributed by atoms with Gasteiger partial charge < -0.3 is 10.6 Å². The molecule has 3 aromatic rings. The molecule has 0 aliphatic rings. The molecule has 27 heavy (non-hydrogen) atoms. The summed E-state index contributed by atoms with van der Waals surface area (Å²) in [5.74, 6) is 0. The van der Waals surface area contributed by atoms with Crippen LogP contribution >= 0.6 is 11.8 Å². The highest BCUT2D eigenvalue weighted by Gasteiger charge is 2.17. The number of amides is 2. The van der Waals surface area contributed by atoms with Crippen LogP contribution in [0, 0.1) is 13.8 Å². The number of anilines is 1. The number of nitrogens with zero attached hydrogens (tertiary/aromatic N) is 2. The van der Waals surface area contributed by atoms with Crippen molar-refractivity contribution in [2.45, 2.75) is 31.7 Å².